The molecule has 2 N–H and O–H groups in total. The van der Waals surface area contributed by atoms with Crippen LogP contribution in [0, 0.1) is 6.92 Å². The molecule has 0 aromatic heterocycles. The van der Waals surface area contributed by atoms with Gasteiger partial charge in [-0.2, -0.15) is 0 Å². The Morgan fingerprint density at radius 2 is 0.969 bits per heavy atom. The second-order valence-electron chi connectivity index (χ2n) is 19.3. The normalized spacial score (nSPS) is 13.7. The summed E-state index contributed by atoms with van der Waals surface area (Å²) in [5.41, 5.74) is 0.928. The van der Waals surface area contributed by atoms with E-state index in [1.807, 2.05) is 6.92 Å². The third-order valence-electron chi connectivity index (χ3n) is 12.9. The number of hydrogen-bond donors (Lipinski definition) is 2. The Kier molecular flexibility index (Phi) is 36.9. The number of unbranched alkanes of at least 4 members (excludes halogenated alkanes) is 22. The zero-order chi connectivity index (χ0) is 47.0. The van der Waals surface area contributed by atoms with Crippen LogP contribution in [0.25, 0.3) is 0 Å². The summed E-state index contributed by atoms with van der Waals surface area (Å²) in [5, 5.41) is 6.31. The van der Waals surface area contributed by atoms with Crippen LogP contribution in [0.5, 0.6) is 0 Å². The van der Waals surface area contributed by atoms with Gasteiger partial charge in [0.2, 0.25) is 17.7 Å². The van der Waals surface area contributed by atoms with Gasteiger partial charge in [-0.1, -0.05) is 166 Å². The van der Waals surface area contributed by atoms with Crippen LogP contribution in [0.4, 0.5) is 0 Å². The molecule has 1 aliphatic heterocycles. The van der Waals surface area contributed by atoms with Crippen molar-refractivity contribution in [1.82, 2.24) is 15.5 Å². The van der Waals surface area contributed by atoms with E-state index >= 15 is 0 Å². The van der Waals surface area contributed by atoms with Crippen molar-refractivity contribution < 1.29 is 31.8 Å². The SMILES string of the molecule is CCCCCCCCCCCC(=O)NCCCCCC[N+](C)(CCCCCCNC(=O)CCCCCCCCCCC)CN1CCCCCCCC1=O.Cc1ccc(S(=O)(=O)[O-])cc1. The number of hydrogen-bond acceptors (Lipinski definition) is 6. The molecule has 1 aromatic carbocycles. The van der Waals surface area contributed by atoms with Crippen molar-refractivity contribution in [2.45, 2.75) is 244 Å². The predicted octanol–water partition coefficient (Wildman–Crippen LogP) is 12.7. The van der Waals surface area contributed by atoms with Crippen molar-refractivity contribution in [2.75, 3.05) is 46.4 Å². The number of nitrogens with one attached hydrogen (secondary N) is 2. The lowest BCUT2D eigenvalue weighted by atomic mass is 10.1. The molecule has 1 aliphatic rings. The number of rotatable bonds is 37. The number of carbonyl (C=O) groups is 3. The number of aryl methyl sites for hydroxylation is 1. The van der Waals surface area contributed by atoms with Gasteiger partial charge in [0.05, 0.1) is 25.0 Å². The van der Waals surface area contributed by atoms with Gasteiger partial charge in [-0.3, -0.25) is 19.3 Å². The number of nitrogens with zero attached hydrogens (tertiary/aromatic N) is 2. The highest BCUT2D eigenvalue weighted by molar-refractivity contribution is 7.85. The van der Waals surface area contributed by atoms with E-state index in [0.717, 1.165) is 114 Å². The fraction of sp³-hybridized carbons (Fsp3) is 0.830. The molecule has 0 unspecified atom stereocenters. The summed E-state index contributed by atoms with van der Waals surface area (Å²) in [4.78, 5) is 39.8. The second-order valence-corrected chi connectivity index (χ2v) is 20.7. The van der Waals surface area contributed by atoms with Crippen LogP contribution in [0.15, 0.2) is 29.2 Å². The van der Waals surface area contributed by atoms with Gasteiger partial charge in [0.25, 0.3) is 0 Å². The molecular weight excluding hydrogens is 821 g/mol. The topological polar surface area (TPSA) is 136 Å². The Balaban J connectivity index is 0.00000161. The molecule has 1 heterocycles. The van der Waals surface area contributed by atoms with Gasteiger partial charge >= 0.3 is 0 Å². The largest absolute Gasteiger partial charge is 0.744 e. The van der Waals surface area contributed by atoms with Crippen molar-refractivity contribution in [3.63, 3.8) is 0 Å². The molecule has 10 nitrogen and oxygen atoms in total. The number of amides is 3. The molecule has 0 bridgehead atoms. The number of carbonyl (C=O) groups excluding carboxylic acids is 3. The minimum atomic E-state index is -4.27. The van der Waals surface area contributed by atoms with Gasteiger partial charge in [0.1, 0.15) is 10.1 Å². The Bertz CT molecular complexity index is 1360. The average Bonchev–Trinajstić information content (AvgIpc) is 3.36. The van der Waals surface area contributed by atoms with Gasteiger partial charge in [-0.15, -0.1) is 0 Å². The Morgan fingerprint density at radius 1 is 0.578 bits per heavy atom. The molecular formula is C53H98N4O6S. The molecule has 3 amide bonds. The molecule has 372 valence electrons. The molecule has 0 atom stereocenters. The third kappa shape index (κ3) is 34.8. The van der Waals surface area contributed by atoms with Crippen LogP contribution >= 0.6 is 0 Å². The van der Waals surface area contributed by atoms with Crippen molar-refractivity contribution in [3.8, 4) is 0 Å². The fourth-order valence-corrected chi connectivity index (χ4v) is 9.15. The Morgan fingerprint density at radius 3 is 1.42 bits per heavy atom. The first-order valence-electron chi connectivity index (χ1n) is 26.6. The van der Waals surface area contributed by atoms with Crippen LogP contribution in [0.3, 0.4) is 0 Å². The van der Waals surface area contributed by atoms with E-state index in [1.54, 1.807) is 12.1 Å². The zero-order valence-electron chi connectivity index (χ0n) is 41.8. The number of benzene rings is 1. The van der Waals surface area contributed by atoms with E-state index in [1.165, 1.54) is 147 Å². The van der Waals surface area contributed by atoms with Gasteiger partial charge in [-0.05, 0) is 83.3 Å². The Hall–Kier alpha value is -2.50. The minimum absolute atomic E-state index is 0.178. The van der Waals surface area contributed by atoms with Crippen LogP contribution < -0.4 is 10.6 Å². The molecule has 0 spiro atoms. The molecule has 2 rings (SSSR count). The highest BCUT2D eigenvalue weighted by Crippen LogP contribution is 2.18. The first kappa shape index (κ1) is 59.5. The molecule has 1 saturated heterocycles. The van der Waals surface area contributed by atoms with Crippen LogP contribution in [-0.2, 0) is 24.5 Å². The van der Waals surface area contributed by atoms with Gasteiger partial charge in [-0.25, -0.2) is 8.42 Å². The summed E-state index contributed by atoms with van der Waals surface area (Å²) in [7, 11) is -1.90. The van der Waals surface area contributed by atoms with E-state index in [-0.39, 0.29) is 16.7 Å². The lowest BCUT2D eigenvalue weighted by Crippen LogP contribution is -2.54. The van der Waals surface area contributed by atoms with Crippen molar-refractivity contribution in [3.05, 3.63) is 29.8 Å². The van der Waals surface area contributed by atoms with Crippen LogP contribution in [0.1, 0.15) is 238 Å². The first-order chi connectivity index (χ1) is 30.9. The summed E-state index contributed by atoms with van der Waals surface area (Å²) in [6, 6.07) is 5.78. The molecule has 0 aliphatic carbocycles. The van der Waals surface area contributed by atoms with E-state index < -0.39 is 10.1 Å². The van der Waals surface area contributed by atoms with Gasteiger partial charge < -0.3 is 19.7 Å². The zero-order valence-corrected chi connectivity index (χ0v) is 42.7. The number of quaternary nitrogens is 1. The van der Waals surface area contributed by atoms with Crippen molar-refractivity contribution >= 4 is 27.8 Å². The lowest BCUT2D eigenvalue weighted by molar-refractivity contribution is -0.918. The minimum Gasteiger partial charge on any atom is -0.744 e. The summed E-state index contributed by atoms with van der Waals surface area (Å²) < 4.78 is 32.1. The van der Waals surface area contributed by atoms with Crippen LogP contribution in [0.2, 0.25) is 0 Å². The molecule has 1 fully saturated rings. The van der Waals surface area contributed by atoms with Gasteiger partial charge in [0.15, 0.2) is 6.67 Å². The molecule has 0 saturated carbocycles. The summed E-state index contributed by atoms with van der Waals surface area (Å²) in [5.74, 6) is 0.803. The highest BCUT2D eigenvalue weighted by atomic mass is 32.2. The van der Waals surface area contributed by atoms with E-state index in [0.29, 0.717) is 25.2 Å². The Labute approximate surface area is 394 Å². The molecule has 64 heavy (non-hydrogen) atoms. The smallest absolute Gasteiger partial charge is 0.226 e. The fourth-order valence-electron chi connectivity index (χ4n) is 8.68. The van der Waals surface area contributed by atoms with E-state index in [9.17, 15) is 27.4 Å². The van der Waals surface area contributed by atoms with E-state index in [4.69, 9.17) is 0 Å². The monoisotopic (exact) mass is 919 g/mol. The lowest BCUT2D eigenvalue weighted by Gasteiger charge is -2.39. The summed E-state index contributed by atoms with van der Waals surface area (Å²) in [6.07, 6.45) is 40.0. The summed E-state index contributed by atoms with van der Waals surface area (Å²) >= 11 is 0. The van der Waals surface area contributed by atoms with Crippen molar-refractivity contribution in [1.29, 1.82) is 0 Å². The first-order valence-corrected chi connectivity index (χ1v) is 28.0. The van der Waals surface area contributed by atoms with Crippen LogP contribution in [-0.4, -0.2) is 86.5 Å². The summed E-state index contributed by atoms with van der Waals surface area (Å²) in [6.45, 7) is 11.9. The maximum atomic E-state index is 13.2. The second kappa shape index (κ2) is 39.6. The maximum Gasteiger partial charge on any atom is 0.226 e. The molecule has 11 heteroatoms. The molecule has 1 aromatic rings. The highest BCUT2D eigenvalue weighted by Gasteiger charge is 2.27. The third-order valence-corrected chi connectivity index (χ3v) is 13.8. The standard InChI is InChI=1S/C46H90N4O3.C7H8O3S/c1-4-6-8-10-12-14-16-19-27-35-44(51)47-38-30-22-25-33-41-50(3,43-49-40-32-24-18-21-29-37-46(49)53)42-34-26-23-31-39-48-45(52)36-28-20-17-15-13-11-9-7-5-2;1-6-2-4-7(5-3-6)11(8,9)10/h4-43H2,1-3H3,(H-,47,48,51,52);2-5H,1H3,(H,8,9,10). The predicted molar refractivity (Wildman–Crippen MR) is 266 cm³/mol. The van der Waals surface area contributed by atoms with Crippen molar-refractivity contribution in [2.24, 2.45) is 0 Å². The van der Waals surface area contributed by atoms with Gasteiger partial charge in [0, 0.05) is 38.9 Å². The average molecular weight is 919 g/mol. The van der Waals surface area contributed by atoms with E-state index in [2.05, 4.69) is 36.4 Å². The maximum absolute atomic E-state index is 13.2. The quantitative estimate of drug-likeness (QED) is 0.0388. The molecule has 0 radical (unpaired) electrons.